The first-order chi connectivity index (χ1) is 9.68. The van der Waals surface area contributed by atoms with Gasteiger partial charge in [0.1, 0.15) is 5.82 Å². The van der Waals surface area contributed by atoms with Crippen LogP contribution >= 0.6 is 0 Å². The molecule has 0 radical (unpaired) electrons. The number of piperidine rings is 1. The molecule has 3 nitrogen and oxygen atoms in total. The molecule has 1 aromatic carbocycles. The number of hydrogen-bond acceptors (Lipinski definition) is 2. The second-order valence-corrected chi connectivity index (χ2v) is 6.08. The lowest BCUT2D eigenvalue weighted by molar-refractivity contribution is -0.127. The molecule has 1 aromatic rings. The van der Waals surface area contributed by atoms with E-state index >= 15 is 0 Å². The fourth-order valence-electron chi connectivity index (χ4n) is 2.93. The van der Waals surface area contributed by atoms with Gasteiger partial charge in [-0.3, -0.25) is 4.79 Å². The molecule has 2 aliphatic rings. The van der Waals surface area contributed by atoms with Crippen LogP contribution in [0.2, 0.25) is 0 Å². The molecule has 1 aliphatic heterocycles. The van der Waals surface area contributed by atoms with Gasteiger partial charge < -0.3 is 10.6 Å². The topological polar surface area (TPSA) is 41.1 Å². The Labute approximate surface area is 118 Å². The van der Waals surface area contributed by atoms with E-state index < -0.39 is 0 Å². The van der Waals surface area contributed by atoms with Crippen molar-refractivity contribution in [2.45, 2.75) is 38.1 Å². The second-order valence-electron chi connectivity index (χ2n) is 6.08. The smallest absolute Gasteiger partial charge is 0.226 e. The molecule has 0 atom stereocenters. The Kier molecular flexibility index (Phi) is 3.74. The van der Waals surface area contributed by atoms with E-state index in [-0.39, 0.29) is 17.1 Å². The molecule has 4 heteroatoms. The summed E-state index contributed by atoms with van der Waals surface area (Å²) in [6, 6.07) is 6.82. The summed E-state index contributed by atoms with van der Waals surface area (Å²) in [6.45, 7) is 1.96. The van der Waals surface area contributed by atoms with Gasteiger partial charge in [-0.05, 0) is 62.9 Å². The molecule has 2 N–H and O–H groups in total. The van der Waals surface area contributed by atoms with E-state index in [0.717, 1.165) is 50.8 Å². The molecule has 1 heterocycles. The molecular formula is C16H21FN2O. The molecule has 108 valence electrons. The average Bonchev–Trinajstić information content (AvgIpc) is 3.24. The molecule has 1 saturated carbocycles. The summed E-state index contributed by atoms with van der Waals surface area (Å²) in [7, 11) is 0. The fourth-order valence-corrected chi connectivity index (χ4v) is 2.93. The van der Waals surface area contributed by atoms with E-state index in [1.54, 1.807) is 12.1 Å². The van der Waals surface area contributed by atoms with Gasteiger partial charge in [0, 0.05) is 6.04 Å². The molecule has 2 fully saturated rings. The van der Waals surface area contributed by atoms with Gasteiger partial charge >= 0.3 is 0 Å². The van der Waals surface area contributed by atoms with Gasteiger partial charge in [0.15, 0.2) is 0 Å². The van der Waals surface area contributed by atoms with Crippen LogP contribution in [0, 0.1) is 11.2 Å². The zero-order valence-corrected chi connectivity index (χ0v) is 11.6. The van der Waals surface area contributed by atoms with Crippen molar-refractivity contribution in [3.05, 3.63) is 35.6 Å². The summed E-state index contributed by atoms with van der Waals surface area (Å²) in [5, 5.41) is 6.50. The van der Waals surface area contributed by atoms with Gasteiger partial charge in [-0.25, -0.2) is 4.39 Å². The molecule has 0 aromatic heterocycles. The number of halogens is 1. The highest BCUT2D eigenvalue weighted by Crippen LogP contribution is 2.48. The third-order valence-corrected chi connectivity index (χ3v) is 4.47. The van der Waals surface area contributed by atoms with Crippen molar-refractivity contribution in [2.24, 2.45) is 5.41 Å². The van der Waals surface area contributed by atoms with Crippen LogP contribution in [0.25, 0.3) is 0 Å². The number of carbonyl (C=O) groups is 1. The summed E-state index contributed by atoms with van der Waals surface area (Å²) in [5.74, 6) is -0.0357. The van der Waals surface area contributed by atoms with E-state index in [0.29, 0.717) is 6.04 Å². The Morgan fingerprint density at radius 3 is 2.50 bits per heavy atom. The lowest BCUT2D eigenvalue weighted by atomic mass is 9.94. The zero-order chi connectivity index (χ0) is 14.0. The van der Waals surface area contributed by atoms with E-state index in [2.05, 4.69) is 10.6 Å². The highest BCUT2D eigenvalue weighted by atomic mass is 19.1. The molecule has 1 saturated heterocycles. The summed E-state index contributed by atoms with van der Waals surface area (Å²) < 4.78 is 12.9. The predicted octanol–water partition coefficient (Wildman–Crippen LogP) is 2.02. The monoisotopic (exact) mass is 276 g/mol. The Morgan fingerprint density at radius 1 is 1.25 bits per heavy atom. The Bertz CT molecular complexity index is 476. The lowest BCUT2D eigenvalue weighted by Gasteiger charge is -2.26. The SMILES string of the molecule is O=C(NC1CCNCC1)C1(Cc2ccc(F)cc2)CC1. The maximum atomic E-state index is 12.9. The van der Waals surface area contributed by atoms with Crippen LogP contribution in [0.4, 0.5) is 4.39 Å². The van der Waals surface area contributed by atoms with Gasteiger partial charge in [-0.15, -0.1) is 0 Å². The van der Waals surface area contributed by atoms with E-state index in [1.165, 1.54) is 12.1 Å². The minimum absolute atomic E-state index is 0.189. The number of amides is 1. The van der Waals surface area contributed by atoms with Gasteiger partial charge in [0.2, 0.25) is 5.91 Å². The van der Waals surface area contributed by atoms with Gasteiger partial charge in [0.25, 0.3) is 0 Å². The number of nitrogens with one attached hydrogen (secondary N) is 2. The van der Waals surface area contributed by atoms with Crippen molar-refractivity contribution in [2.75, 3.05) is 13.1 Å². The van der Waals surface area contributed by atoms with Crippen LogP contribution < -0.4 is 10.6 Å². The Balaban J connectivity index is 1.60. The number of hydrogen-bond donors (Lipinski definition) is 2. The molecule has 1 aliphatic carbocycles. The fraction of sp³-hybridized carbons (Fsp3) is 0.562. The summed E-state index contributed by atoms with van der Waals surface area (Å²) in [6.07, 6.45) is 4.64. The summed E-state index contributed by atoms with van der Waals surface area (Å²) in [4.78, 5) is 12.5. The first-order valence-corrected chi connectivity index (χ1v) is 7.44. The van der Waals surface area contributed by atoms with Crippen molar-refractivity contribution in [3.8, 4) is 0 Å². The van der Waals surface area contributed by atoms with Crippen LogP contribution in [-0.4, -0.2) is 25.0 Å². The lowest BCUT2D eigenvalue weighted by Crippen LogP contribution is -2.45. The van der Waals surface area contributed by atoms with E-state index in [1.807, 2.05) is 0 Å². The molecule has 0 spiro atoms. The first-order valence-electron chi connectivity index (χ1n) is 7.44. The molecular weight excluding hydrogens is 255 g/mol. The normalized spacial score (nSPS) is 21.4. The molecule has 20 heavy (non-hydrogen) atoms. The number of carbonyl (C=O) groups excluding carboxylic acids is 1. The van der Waals surface area contributed by atoms with Crippen LogP contribution in [0.1, 0.15) is 31.2 Å². The molecule has 0 bridgehead atoms. The largest absolute Gasteiger partial charge is 0.353 e. The quantitative estimate of drug-likeness (QED) is 0.883. The average molecular weight is 276 g/mol. The molecule has 1 amide bonds. The van der Waals surface area contributed by atoms with Crippen LogP contribution in [-0.2, 0) is 11.2 Å². The first kappa shape index (κ1) is 13.6. The van der Waals surface area contributed by atoms with Gasteiger partial charge in [0.05, 0.1) is 5.41 Å². The highest BCUT2D eigenvalue weighted by Gasteiger charge is 2.49. The minimum atomic E-state index is -0.233. The second kappa shape index (κ2) is 5.52. The van der Waals surface area contributed by atoms with Crippen molar-refractivity contribution >= 4 is 5.91 Å². The Hall–Kier alpha value is -1.42. The predicted molar refractivity (Wildman–Crippen MR) is 75.8 cm³/mol. The number of benzene rings is 1. The van der Waals surface area contributed by atoms with E-state index in [9.17, 15) is 9.18 Å². The van der Waals surface area contributed by atoms with Crippen LogP contribution in [0.3, 0.4) is 0 Å². The Morgan fingerprint density at radius 2 is 1.90 bits per heavy atom. The van der Waals surface area contributed by atoms with Crippen LogP contribution in [0.15, 0.2) is 24.3 Å². The standard InChI is InChI=1S/C16H21FN2O/c17-13-3-1-12(2-4-13)11-16(7-8-16)15(20)19-14-5-9-18-10-6-14/h1-4,14,18H,5-11H2,(H,19,20). The minimum Gasteiger partial charge on any atom is -0.353 e. The number of rotatable bonds is 4. The van der Waals surface area contributed by atoms with E-state index in [4.69, 9.17) is 0 Å². The van der Waals surface area contributed by atoms with Crippen molar-refractivity contribution in [3.63, 3.8) is 0 Å². The van der Waals surface area contributed by atoms with Crippen molar-refractivity contribution < 1.29 is 9.18 Å². The van der Waals surface area contributed by atoms with Gasteiger partial charge in [-0.1, -0.05) is 12.1 Å². The van der Waals surface area contributed by atoms with Crippen molar-refractivity contribution in [1.29, 1.82) is 0 Å². The maximum absolute atomic E-state index is 12.9. The summed E-state index contributed by atoms with van der Waals surface area (Å²) in [5.41, 5.74) is 0.812. The van der Waals surface area contributed by atoms with Crippen LogP contribution in [0.5, 0.6) is 0 Å². The zero-order valence-electron chi connectivity index (χ0n) is 11.6. The third-order valence-electron chi connectivity index (χ3n) is 4.47. The van der Waals surface area contributed by atoms with Gasteiger partial charge in [-0.2, -0.15) is 0 Å². The summed E-state index contributed by atoms with van der Waals surface area (Å²) >= 11 is 0. The van der Waals surface area contributed by atoms with Crippen molar-refractivity contribution in [1.82, 2.24) is 10.6 Å². The molecule has 0 unspecified atom stereocenters. The highest BCUT2D eigenvalue weighted by molar-refractivity contribution is 5.85. The molecule has 3 rings (SSSR count). The maximum Gasteiger partial charge on any atom is 0.226 e. The third kappa shape index (κ3) is 3.01.